The molecule has 0 unspecified atom stereocenters. The third kappa shape index (κ3) is 4.37. The van der Waals surface area contributed by atoms with E-state index in [2.05, 4.69) is 4.90 Å². The fourth-order valence-corrected chi connectivity index (χ4v) is 3.57. The van der Waals surface area contributed by atoms with Crippen molar-refractivity contribution in [1.29, 1.82) is 0 Å². The maximum atomic E-state index is 11.5. The molecule has 6 heteroatoms. The number of likely N-dealkylation sites (N-methyl/N-ethyl adjacent to an activating group) is 1. The second kappa shape index (κ2) is 7.68. The molecule has 0 bridgehead atoms. The number of carbonyl (C=O) groups is 1. The number of piperidine rings is 1. The number of amides is 1. The van der Waals surface area contributed by atoms with Gasteiger partial charge in [0.1, 0.15) is 12.4 Å². The highest BCUT2D eigenvalue weighted by atomic mass is 16.5. The Morgan fingerprint density at radius 3 is 2.88 bits per heavy atom. The average molecular weight is 336 g/mol. The number of nitrogens with zero attached hydrogens (tertiary/aromatic N) is 2. The summed E-state index contributed by atoms with van der Waals surface area (Å²) in [6.07, 6.45) is 5.20. The predicted octanol–water partition coefficient (Wildman–Crippen LogP) is 1.76. The number of hydrogen-bond acceptors (Lipinski definition) is 5. The van der Waals surface area contributed by atoms with Crippen LogP contribution in [0, 0.1) is 5.41 Å². The van der Waals surface area contributed by atoms with Crippen LogP contribution in [0.4, 0.5) is 0 Å². The molecule has 6 nitrogen and oxygen atoms in total. The van der Waals surface area contributed by atoms with Crippen molar-refractivity contribution in [2.75, 3.05) is 47.0 Å². The first-order valence-electron chi connectivity index (χ1n) is 8.71. The van der Waals surface area contributed by atoms with Crippen LogP contribution in [0.25, 0.3) is 0 Å². The van der Waals surface area contributed by atoms with Crippen molar-refractivity contribution in [3.8, 4) is 0 Å². The van der Waals surface area contributed by atoms with Gasteiger partial charge in [0.05, 0.1) is 32.1 Å². The molecule has 0 aliphatic carbocycles. The smallest absolute Gasteiger partial charge is 0.248 e. The molecule has 0 saturated carbocycles. The zero-order valence-corrected chi connectivity index (χ0v) is 14.7. The lowest BCUT2D eigenvalue weighted by Gasteiger charge is -2.38. The number of hydrogen-bond donors (Lipinski definition) is 0. The molecule has 0 N–H and O–H groups in total. The molecule has 2 aliphatic rings. The van der Waals surface area contributed by atoms with Crippen LogP contribution >= 0.6 is 0 Å². The largest absolute Gasteiger partial charge is 0.468 e. The van der Waals surface area contributed by atoms with Crippen LogP contribution in [0.15, 0.2) is 22.8 Å². The van der Waals surface area contributed by atoms with Crippen LogP contribution in [0.5, 0.6) is 0 Å². The minimum absolute atomic E-state index is 0.00561. The highest BCUT2D eigenvalue weighted by molar-refractivity contribution is 5.76. The second-order valence-electron chi connectivity index (χ2n) is 7.30. The number of ether oxygens (including phenoxy) is 2. The summed E-state index contributed by atoms with van der Waals surface area (Å²) in [5, 5.41) is 0. The van der Waals surface area contributed by atoms with Gasteiger partial charge in [-0.15, -0.1) is 0 Å². The summed E-state index contributed by atoms with van der Waals surface area (Å²) in [5.74, 6) is 1.03. The molecule has 2 saturated heterocycles. The first kappa shape index (κ1) is 17.5. The first-order chi connectivity index (χ1) is 11.6. The molecule has 3 heterocycles. The number of carbonyl (C=O) groups excluding carboxylic acids is 1. The zero-order chi connectivity index (χ0) is 17.0. The van der Waals surface area contributed by atoms with E-state index >= 15 is 0 Å². The molecule has 3 rings (SSSR count). The summed E-state index contributed by atoms with van der Waals surface area (Å²) in [4.78, 5) is 15.5. The van der Waals surface area contributed by atoms with Crippen molar-refractivity contribution in [3.05, 3.63) is 24.2 Å². The Morgan fingerprint density at radius 2 is 2.21 bits per heavy atom. The maximum absolute atomic E-state index is 11.5. The van der Waals surface area contributed by atoms with E-state index in [1.165, 1.54) is 0 Å². The van der Waals surface area contributed by atoms with Gasteiger partial charge in [0.2, 0.25) is 5.91 Å². The van der Waals surface area contributed by atoms with E-state index < -0.39 is 0 Å². The van der Waals surface area contributed by atoms with E-state index in [-0.39, 0.29) is 18.6 Å². The van der Waals surface area contributed by atoms with Gasteiger partial charge >= 0.3 is 0 Å². The van der Waals surface area contributed by atoms with Crippen molar-refractivity contribution in [2.45, 2.75) is 31.9 Å². The van der Waals surface area contributed by atoms with Crippen molar-refractivity contribution >= 4 is 5.91 Å². The molecule has 0 radical (unpaired) electrons. The quantitative estimate of drug-likeness (QED) is 0.792. The number of furan rings is 1. The fourth-order valence-electron chi connectivity index (χ4n) is 3.57. The number of likely N-dealkylation sites (tertiary alicyclic amines) is 1. The van der Waals surface area contributed by atoms with E-state index in [0.29, 0.717) is 12.0 Å². The summed E-state index contributed by atoms with van der Waals surface area (Å²) in [6, 6.07) is 3.97. The Morgan fingerprint density at radius 1 is 1.42 bits per heavy atom. The molecular weight excluding hydrogens is 308 g/mol. The van der Waals surface area contributed by atoms with Gasteiger partial charge in [-0.2, -0.15) is 0 Å². The van der Waals surface area contributed by atoms with Crippen molar-refractivity contribution < 1.29 is 18.7 Å². The van der Waals surface area contributed by atoms with E-state index in [1.807, 2.05) is 12.1 Å². The average Bonchev–Trinajstić information content (AvgIpc) is 3.20. The van der Waals surface area contributed by atoms with Gasteiger partial charge in [0.15, 0.2) is 0 Å². The fraction of sp³-hybridized carbons (Fsp3) is 0.722. The lowest BCUT2D eigenvalue weighted by atomic mass is 9.76. The summed E-state index contributed by atoms with van der Waals surface area (Å²) in [5.41, 5.74) is 0.291. The van der Waals surface area contributed by atoms with Crippen LogP contribution in [0.2, 0.25) is 0 Å². The minimum atomic E-state index is -0.00561. The van der Waals surface area contributed by atoms with E-state index in [4.69, 9.17) is 13.9 Å². The van der Waals surface area contributed by atoms with Gasteiger partial charge in [-0.1, -0.05) is 0 Å². The first-order valence-corrected chi connectivity index (χ1v) is 8.71. The van der Waals surface area contributed by atoms with Gasteiger partial charge in [-0.25, -0.2) is 0 Å². The third-order valence-electron chi connectivity index (χ3n) is 5.19. The Kier molecular flexibility index (Phi) is 5.58. The highest BCUT2D eigenvalue weighted by Crippen LogP contribution is 2.42. The Hall–Kier alpha value is -1.37. The monoisotopic (exact) mass is 336 g/mol. The topological polar surface area (TPSA) is 55.2 Å². The van der Waals surface area contributed by atoms with Gasteiger partial charge < -0.3 is 18.8 Å². The van der Waals surface area contributed by atoms with Gasteiger partial charge in [-0.3, -0.25) is 9.69 Å². The number of rotatable bonds is 6. The van der Waals surface area contributed by atoms with Crippen LogP contribution in [0.3, 0.4) is 0 Å². The van der Waals surface area contributed by atoms with Crippen LogP contribution in [-0.2, 0) is 20.8 Å². The predicted molar refractivity (Wildman–Crippen MR) is 89.5 cm³/mol. The van der Waals surface area contributed by atoms with E-state index in [1.54, 1.807) is 25.3 Å². The third-order valence-corrected chi connectivity index (χ3v) is 5.19. The second-order valence-corrected chi connectivity index (χ2v) is 7.30. The Bertz CT molecular complexity index is 521. The van der Waals surface area contributed by atoms with Crippen LogP contribution in [0.1, 0.15) is 25.0 Å². The molecule has 1 spiro atoms. The Labute approximate surface area is 143 Å². The summed E-state index contributed by atoms with van der Waals surface area (Å²) in [7, 11) is 3.48. The van der Waals surface area contributed by atoms with Gasteiger partial charge in [-0.05, 0) is 49.9 Å². The molecule has 1 amide bonds. The van der Waals surface area contributed by atoms with Crippen molar-refractivity contribution in [1.82, 2.24) is 9.80 Å². The molecule has 0 aromatic carbocycles. The molecule has 24 heavy (non-hydrogen) atoms. The van der Waals surface area contributed by atoms with Gasteiger partial charge in [0, 0.05) is 14.1 Å². The lowest BCUT2D eigenvalue weighted by molar-refractivity contribution is -0.134. The van der Waals surface area contributed by atoms with Crippen LogP contribution in [-0.4, -0.2) is 68.8 Å². The summed E-state index contributed by atoms with van der Waals surface area (Å²) < 4.78 is 16.9. The maximum Gasteiger partial charge on any atom is 0.248 e. The highest BCUT2D eigenvalue weighted by Gasteiger charge is 2.42. The standard InChI is InChI=1S/C18H28N2O4/c1-19(2)17(21)13-22-12-16-10-18(14-24-16)5-7-20(8-6-18)11-15-4-3-9-23-15/h3-4,9,16H,5-8,10-14H2,1-2H3/t16-/m1/s1. The van der Waals surface area contributed by atoms with E-state index in [9.17, 15) is 4.79 Å². The lowest BCUT2D eigenvalue weighted by Crippen LogP contribution is -2.40. The molecule has 2 aliphatic heterocycles. The van der Waals surface area contributed by atoms with Crippen molar-refractivity contribution in [3.63, 3.8) is 0 Å². The van der Waals surface area contributed by atoms with Crippen molar-refractivity contribution in [2.24, 2.45) is 5.41 Å². The van der Waals surface area contributed by atoms with Gasteiger partial charge in [0.25, 0.3) is 0 Å². The van der Waals surface area contributed by atoms with Crippen LogP contribution < -0.4 is 0 Å². The molecule has 1 aromatic rings. The van der Waals surface area contributed by atoms with E-state index in [0.717, 1.165) is 51.3 Å². The molecule has 2 fully saturated rings. The minimum Gasteiger partial charge on any atom is -0.468 e. The normalized spacial score (nSPS) is 23.7. The molecule has 1 atom stereocenters. The molecule has 1 aromatic heterocycles. The summed E-state index contributed by atoms with van der Waals surface area (Å²) in [6.45, 7) is 4.52. The zero-order valence-electron chi connectivity index (χ0n) is 14.7. The summed E-state index contributed by atoms with van der Waals surface area (Å²) >= 11 is 0. The Balaban J connectivity index is 1.38. The SMILES string of the molecule is CN(C)C(=O)COC[C@H]1CC2(CCN(Cc3ccco3)CC2)CO1. The molecule has 134 valence electrons. The molecular formula is C18H28N2O4.